The Bertz CT molecular complexity index is 637. The van der Waals surface area contributed by atoms with E-state index in [1.807, 2.05) is 25.1 Å². The molecule has 0 bridgehead atoms. The number of ether oxygens (including phenoxy) is 1. The van der Waals surface area contributed by atoms with Gasteiger partial charge in [0.15, 0.2) is 5.96 Å². The summed E-state index contributed by atoms with van der Waals surface area (Å²) in [5.41, 5.74) is 1.13. The SMILES string of the molecule is CCNC(=NCC(=O)NC1CC1)N1CCN(c2ccccc2OC)CC1. The van der Waals surface area contributed by atoms with Crippen LogP contribution in [-0.2, 0) is 4.79 Å². The number of carbonyl (C=O) groups is 1. The fraction of sp³-hybridized carbons (Fsp3) is 0.579. The van der Waals surface area contributed by atoms with Gasteiger partial charge in [0.2, 0.25) is 5.91 Å². The van der Waals surface area contributed by atoms with Crippen molar-refractivity contribution in [2.75, 3.05) is 51.3 Å². The topological polar surface area (TPSA) is 69.2 Å². The number of guanidine groups is 1. The van der Waals surface area contributed by atoms with Gasteiger partial charge in [-0.3, -0.25) is 4.79 Å². The average molecular weight is 359 g/mol. The molecule has 1 aliphatic heterocycles. The van der Waals surface area contributed by atoms with E-state index >= 15 is 0 Å². The van der Waals surface area contributed by atoms with E-state index in [2.05, 4.69) is 31.5 Å². The third-order valence-corrected chi connectivity index (χ3v) is 4.65. The summed E-state index contributed by atoms with van der Waals surface area (Å²) in [7, 11) is 1.71. The average Bonchev–Trinajstić information content (AvgIpc) is 3.49. The second-order valence-electron chi connectivity index (χ2n) is 6.66. The lowest BCUT2D eigenvalue weighted by atomic mass is 10.2. The summed E-state index contributed by atoms with van der Waals surface area (Å²) in [6.45, 7) is 6.51. The molecule has 1 aliphatic carbocycles. The highest BCUT2D eigenvalue weighted by Crippen LogP contribution is 2.28. The minimum absolute atomic E-state index is 0.00978. The molecule has 7 heteroatoms. The van der Waals surface area contributed by atoms with Crippen molar-refractivity contribution >= 4 is 17.6 Å². The first-order chi connectivity index (χ1) is 12.7. The van der Waals surface area contributed by atoms with Crippen molar-refractivity contribution in [3.8, 4) is 5.75 Å². The van der Waals surface area contributed by atoms with Crippen LogP contribution in [0.1, 0.15) is 19.8 Å². The monoisotopic (exact) mass is 359 g/mol. The molecule has 0 atom stereocenters. The number of hydrogen-bond acceptors (Lipinski definition) is 4. The van der Waals surface area contributed by atoms with Crippen molar-refractivity contribution < 1.29 is 9.53 Å². The van der Waals surface area contributed by atoms with Crippen LogP contribution in [0.4, 0.5) is 5.69 Å². The number of carbonyl (C=O) groups excluding carboxylic acids is 1. The smallest absolute Gasteiger partial charge is 0.242 e. The third kappa shape index (κ3) is 4.80. The Morgan fingerprint density at radius 2 is 1.96 bits per heavy atom. The molecule has 0 radical (unpaired) electrons. The van der Waals surface area contributed by atoms with Gasteiger partial charge in [0.25, 0.3) is 0 Å². The molecule has 0 aromatic heterocycles. The minimum Gasteiger partial charge on any atom is -0.495 e. The highest BCUT2D eigenvalue weighted by Gasteiger charge is 2.24. The van der Waals surface area contributed by atoms with Gasteiger partial charge in [-0.15, -0.1) is 0 Å². The van der Waals surface area contributed by atoms with E-state index in [0.717, 1.165) is 63.0 Å². The molecular weight excluding hydrogens is 330 g/mol. The van der Waals surface area contributed by atoms with Crippen LogP contribution in [0.2, 0.25) is 0 Å². The molecule has 0 spiro atoms. The number of amides is 1. The standard InChI is InChI=1S/C19H29N5O2/c1-3-20-19(21-14-18(25)22-15-8-9-15)24-12-10-23(11-13-24)16-6-4-5-7-17(16)26-2/h4-7,15H,3,8-14H2,1-2H3,(H,20,21)(H,22,25). The van der Waals surface area contributed by atoms with Gasteiger partial charge in [0.1, 0.15) is 12.3 Å². The van der Waals surface area contributed by atoms with Gasteiger partial charge in [-0.2, -0.15) is 0 Å². The summed E-state index contributed by atoms with van der Waals surface area (Å²) >= 11 is 0. The van der Waals surface area contributed by atoms with E-state index in [0.29, 0.717) is 6.04 Å². The maximum atomic E-state index is 11.9. The van der Waals surface area contributed by atoms with Crippen molar-refractivity contribution in [1.29, 1.82) is 0 Å². The van der Waals surface area contributed by atoms with Crippen molar-refractivity contribution in [3.63, 3.8) is 0 Å². The van der Waals surface area contributed by atoms with Crippen LogP contribution in [0.3, 0.4) is 0 Å². The second-order valence-corrected chi connectivity index (χ2v) is 6.66. The molecule has 0 unspecified atom stereocenters. The van der Waals surface area contributed by atoms with Crippen LogP contribution in [0.15, 0.2) is 29.3 Å². The quantitative estimate of drug-likeness (QED) is 0.587. The molecule has 1 aromatic carbocycles. The minimum atomic E-state index is 0.00978. The van der Waals surface area contributed by atoms with Crippen LogP contribution in [0.5, 0.6) is 5.75 Å². The number of para-hydroxylation sites is 2. The highest BCUT2D eigenvalue weighted by molar-refractivity contribution is 5.85. The maximum Gasteiger partial charge on any atom is 0.242 e. The third-order valence-electron chi connectivity index (χ3n) is 4.65. The molecule has 142 valence electrons. The Kier molecular flexibility index (Phi) is 6.20. The molecule has 2 fully saturated rings. The van der Waals surface area contributed by atoms with Crippen molar-refractivity contribution in [2.24, 2.45) is 4.99 Å². The zero-order valence-corrected chi connectivity index (χ0v) is 15.7. The number of rotatable bonds is 6. The van der Waals surface area contributed by atoms with Crippen LogP contribution in [-0.4, -0.2) is 69.2 Å². The summed E-state index contributed by atoms with van der Waals surface area (Å²) in [6, 6.07) is 8.49. The highest BCUT2D eigenvalue weighted by atomic mass is 16.5. The van der Waals surface area contributed by atoms with E-state index in [-0.39, 0.29) is 12.5 Å². The largest absolute Gasteiger partial charge is 0.495 e. The van der Waals surface area contributed by atoms with Crippen molar-refractivity contribution in [2.45, 2.75) is 25.8 Å². The molecule has 1 aromatic rings. The van der Waals surface area contributed by atoms with Crippen LogP contribution >= 0.6 is 0 Å². The molecular formula is C19H29N5O2. The first-order valence-corrected chi connectivity index (χ1v) is 9.42. The zero-order chi connectivity index (χ0) is 18.4. The fourth-order valence-electron chi connectivity index (χ4n) is 3.12. The van der Waals surface area contributed by atoms with Crippen molar-refractivity contribution in [1.82, 2.24) is 15.5 Å². The van der Waals surface area contributed by atoms with Crippen LogP contribution in [0, 0.1) is 0 Å². The predicted octanol–water partition coefficient (Wildman–Crippen LogP) is 1.06. The summed E-state index contributed by atoms with van der Waals surface area (Å²) in [5.74, 6) is 1.73. The Hall–Kier alpha value is -2.44. The second kappa shape index (κ2) is 8.78. The molecule has 1 amide bonds. The first-order valence-electron chi connectivity index (χ1n) is 9.42. The molecule has 7 nitrogen and oxygen atoms in total. The normalized spacial score (nSPS) is 17.8. The summed E-state index contributed by atoms with van der Waals surface area (Å²) in [4.78, 5) is 21.0. The summed E-state index contributed by atoms with van der Waals surface area (Å²) in [5, 5.41) is 6.29. The Morgan fingerprint density at radius 3 is 2.62 bits per heavy atom. The summed E-state index contributed by atoms with van der Waals surface area (Å²) in [6.07, 6.45) is 2.20. The lowest BCUT2D eigenvalue weighted by Crippen LogP contribution is -2.52. The molecule has 2 aliphatic rings. The van der Waals surface area contributed by atoms with E-state index in [1.165, 1.54) is 0 Å². The fourth-order valence-corrected chi connectivity index (χ4v) is 3.12. The van der Waals surface area contributed by atoms with Crippen LogP contribution < -0.4 is 20.3 Å². The number of aliphatic imine (C=N–C) groups is 1. The number of piperazine rings is 1. The van der Waals surface area contributed by atoms with E-state index < -0.39 is 0 Å². The van der Waals surface area contributed by atoms with E-state index in [9.17, 15) is 4.79 Å². The van der Waals surface area contributed by atoms with Gasteiger partial charge in [-0.05, 0) is 31.9 Å². The van der Waals surface area contributed by atoms with Gasteiger partial charge in [-0.25, -0.2) is 4.99 Å². The molecule has 2 N–H and O–H groups in total. The number of anilines is 1. The van der Waals surface area contributed by atoms with Crippen LogP contribution in [0.25, 0.3) is 0 Å². The lowest BCUT2D eigenvalue weighted by molar-refractivity contribution is -0.119. The van der Waals surface area contributed by atoms with Gasteiger partial charge in [0, 0.05) is 38.8 Å². The Morgan fingerprint density at radius 1 is 1.23 bits per heavy atom. The maximum absolute atomic E-state index is 11.9. The lowest BCUT2D eigenvalue weighted by Gasteiger charge is -2.38. The van der Waals surface area contributed by atoms with E-state index in [1.54, 1.807) is 7.11 Å². The molecule has 1 saturated carbocycles. The van der Waals surface area contributed by atoms with Crippen molar-refractivity contribution in [3.05, 3.63) is 24.3 Å². The molecule has 1 saturated heterocycles. The van der Waals surface area contributed by atoms with Gasteiger partial charge in [0.05, 0.1) is 12.8 Å². The van der Waals surface area contributed by atoms with E-state index in [4.69, 9.17) is 4.74 Å². The molecule has 26 heavy (non-hydrogen) atoms. The number of nitrogens with one attached hydrogen (secondary N) is 2. The zero-order valence-electron chi connectivity index (χ0n) is 15.7. The summed E-state index contributed by atoms with van der Waals surface area (Å²) < 4.78 is 5.48. The first kappa shape index (κ1) is 18.4. The van der Waals surface area contributed by atoms with Gasteiger partial charge < -0.3 is 25.2 Å². The van der Waals surface area contributed by atoms with Gasteiger partial charge in [-0.1, -0.05) is 12.1 Å². The Balaban J connectivity index is 1.57. The number of benzene rings is 1. The Labute approximate surface area is 155 Å². The number of hydrogen-bond donors (Lipinski definition) is 2. The molecule has 3 rings (SSSR count). The number of nitrogens with zero attached hydrogens (tertiary/aromatic N) is 3. The van der Waals surface area contributed by atoms with Gasteiger partial charge >= 0.3 is 0 Å². The molecule has 1 heterocycles. The number of methoxy groups -OCH3 is 1. The predicted molar refractivity (Wildman–Crippen MR) is 104 cm³/mol.